The average molecular weight is 345 g/mol. The molecular weight excluding hydrogens is 314 g/mol. The summed E-state index contributed by atoms with van der Waals surface area (Å²) in [6.45, 7) is 5.74. The third-order valence-electron chi connectivity index (χ3n) is 5.06. The van der Waals surface area contributed by atoms with Gasteiger partial charge in [-0.2, -0.15) is 0 Å². The Balaban J connectivity index is 1.87. The van der Waals surface area contributed by atoms with Crippen LogP contribution in [0.5, 0.6) is 0 Å². The van der Waals surface area contributed by atoms with E-state index in [0.717, 1.165) is 5.69 Å². The van der Waals surface area contributed by atoms with Crippen molar-refractivity contribution in [3.8, 4) is 0 Å². The standard InChI is InChI=1S/C20H31N3O2/c1-4-23(5-2)20(25)16-11-13-17(14-12-16)21-19(24)15-22(3)18-9-7-6-8-10-18/h11-14,18H,4-10,15H2,1-3H3,(H,21,24). The van der Waals surface area contributed by atoms with Gasteiger partial charge in [-0.15, -0.1) is 0 Å². The van der Waals surface area contributed by atoms with Gasteiger partial charge in [0.15, 0.2) is 0 Å². The summed E-state index contributed by atoms with van der Waals surface area (Å²) < 4.78 is 0. The van der Waals surface area contributed by atoms with Crippen molar-refractivity contribution in [2.45, 2.75) is 52.0 Å². The van der Waals surface area contributed by atoms with Gasteiger partial charge in [-0.25, -0.2) is 0 Å². The summed E-state index contributed by atoms with van der Waals surface area (Å²) in [6.07, 6.45) is 6.21. The Hall–Kier alpha value is -1.88. The highest BCUT2D eigenvalue weighted by Crippen LogP contribution is 2.21. The molecule has 0 unspecified atom stereocenters. The van der Waals surface area contributed by atoms with Gasteiger partial charge in [-0.05, 0) is 58.0 Å². The molecule has 138 valence electrons. The number of likely N-dealkylation sites (N-methyl/N-ethyl adjacent to an activating group) is 1. The number of benzene rings is 1. The minimum atomic E-state index is -0.00380. The quantitative estimate of drug-likeness (QED) is 0.824. The van der Waals surface area contributed by atoms with Crippen LogP contribution >= 0.6 is 0 Å². The van der Waals surface area contributed by atoms with E-state index in [1.807, 2.05) is 20.9 Å². The van der Waals surface area contributed by atoms with Gasteiger partial charge in [0.1, 0.15) is 0 Å². The van der Waals surface area contributed by atoms with E-state index in [2.05, 4.69) is 10.2 Å². The molecule has 1 fully saturated rings. The summed E-state index contributed by atoms with van der Waals surface area (Å²) in [6, 6.07) is 7.68. The van der Waals surface area contributed by atoms with Crippen LogP contribution in [0.3, 0.4) is 0 Å². The van der Waals surface area contributed by atoms with Crippen molar-refractivity contribution < 1.29 is 9.59 Å². The molecule has 1 aromatic carbocycles. The maximum atomic E-state index is 12.3. The number of nitrogens with one attached hydrogen (secondary N) is 1. The van der Waals surface area contributed by atoms with Crippen molar-refractivity contribution in [1.29, 1.82) is 0 Å². The van der Waals surface area contributed by atoms with Crippen molar-refractivity contribution in [1.82, 2.24) is 9.80 Å². The fraction of sp³-hybridized carbons (Fsp3) is 0.600. The van der Waals surface area contributed by atoms with E-state index >= 15 is 0 Å². The monoisotopic (exact) mass is 345 g/mol. The van der Waals surface area contributed by atoms with Crippen LogP contribution in [0, 0.1) is 0 Å². The van der Waals surface area contributed by atoms with Crippen molar-refractivity contribution in [3.05, 3.63) is 29.8 Å². The topological polar surface area (TPSA) is 52.7 Å². The lowest BCUT2D eigenvalue weighted by Crippen LogP contribution is -2.39. The van der Waals surface area contributed by atoms with Crippen LogP contribution in [0.2, 0.25) is 0 Å². The molecule has 1 aliphatic rings. The molecule has 0 spiro atoms. The molecule has 0 heterocycles. The third kappa shape index (κ3) is 5.56. The van der Waals surface area contributed by atoms with Gasteiger partial charge in [-0.1, -0.05) is 19.3 Å². The first-order chi connectivity index (χ1) is 12.0. The van der Waals surface area contributed by atoms with Crippen molar-refractivity contribution in [2.75, 3.05) is 32.0 Å². The summed E-state index contributed by atoms with van der Waals surface area (Å²) >= 11 is 0. The molecule has 0 saturated heterocycles. The molecule has 5 nitrogen and oxygen atoms in total. The number of carbonyl (C=O) groups excluding carboxylic acids is 2. The molecule has 0 atom stereocenters. The minimum Gasteiger partial charge on any atom is -0.339 e. The van der Waals surface area contributed by atoms with Gasteiger partial charge < -0.3 is 10.2 Å². The highest BCUT2D eigenvalue weighted by Gasteiger charge is 2.20. The molecule has 0 bridgehead atoms. The Kier molecular flexibility index (Phi) is 7.44. The number of rotatable bonds is 7. The summed E-state index contributed by atoms with van der Waals surface area (Å²) in [7, 11) is 2.03. The number of carbonyl (C=O) groups is 2. The Morgan fingerprint density at radius 3 is 2.20 bits per heavy atom. The Morgan fingerprint density at radius 1 is 1.04 bits per heavy atom. The molecule has 5 heteroatoms. The molecule has 0 aliphatic heterocycles. The van der Waals surface area contributed by atoms with E-state index in [4.69, 9.17) is 0 Å². The number of amides is 2. The first kappa shape index (κ1) is 19.4. The Labute approximate surface area is 151 Å². The minimum absolute atomic E-state index is 0.00380. The summed E-state index contributed by atoms with van der Waals surface area (Å²) in [5.74, 6) is 0.0239. The molecule has 2 rings (SSSR count). The van der Waals surface area contributed by atoms with Crippen LogP contribution in [-0.2, 0) is 4.79 Å². The lowest BCUT2D eigenvalue weighted by molar-refractivity contribution is -0.117. The molecule has 2 amide bonds. The largest absolute Gasteiger partial charge is 0.339 e. The second-order valence-corrected chi connectivity index (χ2v) is 6.81. The summed E-state index contributed by atoms with van der Waals surface area (Å²) in [5, 5.41) is 2.93. The van der Waals surface area contributed by atoms with Gasteiger partial charge in [0.2, 0.25) is 5.91 Å². The van der Waals surface area contributed by atoms with E-state index < -0.39 is 0 Å². The first-order valence-corrected chi connectivity index (χ1v) is 9.44. The van der Waals surface area contributed by atoms with E-state index in [-0.39, 0.29) is 11.8 Å². The van der Waals surface area contributed by atoms with Gasteiger partial charge in [0.25, 0.3) is 5.91 Å². The number of hydrogen-bond acceptors (Lipinski definition) is 3. The van der Waals surface area contributed by atoms with Crippen LogP contribution in [0.25, 0.3) is 0 Å². The normalized spacial score (nSPS) is 15.2. The number of nitrogens with zero attached hydrogens (tertiary/aromatic N) is 2. The van der Waals surface area contributed by atoms with Crippen LogP contribution in [-0.4, -0.2) is 54.3 Å². The van der Waals surface area contributed by atoms with Crippen molar-refractivity contribution in [3.63, 3.8) is 0 Å². The number of anilines is 1. The van der Waals surface area contributed by atoms with E-state index in [0.29, 0.717) is 31.2 Å². The fourth-order valence-corrected chi connectivity index (χ4v) is 3.47. The second kappa shape index (κ2) is 9.56. The van der Waals surface area contributed by atoms with E-state index in [1.165, 1.54) is 32.1 Å². The van der Waals surface area contributed by atoms with E-state index in [9.17, 15) is 9.59 Å². The smallest absolute Gasteiger partial charge is 0.253 e. The zero-order chi connectivity index (χ0) is 18.2. The lowest BCUT2D eigenvalue weighted by atomic mass is 9.94. The molecule has 0 aromatic heterocycles. The maximum absolute atomic E-state index is 12.3. The van der Waals surface area contributed by atoms with Crippen LogP contribution in [0.15, 0.2) is 24.3 Å². The average Bonchev–Trinajstić information content (AvgIpc) is 2.64. The summed E-state index contributed by atoms with van der Waals surface area (Å²) in [4.78, 5) is 28.5. The van der Waals surface area contributed by atoms with Crippen LogP contribution < -0.4 is 5.32 Å². The predicted molar refractivity (Wildman–Crippen MR) is 102 cm³/mol. The van der Waals surface area contributed by atoms with Gasteiger partial charge in [-0.3, -0.25) is 14.5 Å². The molecular formula is C20H31N3O2. The molecule has 25 heavy (non-hydrogen) atoms. The Bertz CT molecular complexity index is 561. The third-order valence-corrected chi connectivity index (χ3v) is 5.06. The molecule has 1 aliphatic carbocycles. The summed E-state index contributed by atoms with van der Waals surface area (Å²) in [5.41, 5.74) is 1.39. The van der Waals surface area contributed by atoms with Crippen LogP contribution in [0.1, 0.15) is 56.3 Å². The van der Waals surface area contributed by atoms with Crippen LogP contribution in [0.4, 0.5) is 5.69 Å². The fourth-order valence-electron chi connectivity index (χ4n) is 3.47. The van der Waals surface area contributed by atoms with Crippen molar-refractivity contribution >= 4 is 17.5 Å². The van der Waals surface area contributed by atoms with Crippen molar-refractivity contribution in [2.24, 2.45) is 0 Å². The number of hydrogen-bond donors (Lipinski definition) is 1. The predicted octanol–water partition coefficient (Wildman–Crippen LogP) is 3.37. The van der Waals surface area contributed by atoms with Gasteiger partial charge in [0, 0.05) is 30.4 Å². The first-order valence-electron chi connectivity index (χ1n) is 9.44. The zero-order valence-electron chi connectivity index (χ0n) is 15.8. The molecule has 1 N–H and O–H groups in total. The van der Waals surface area contributed by atoms with Gasteiger partial charge in [0.05, 0.1) is 6.54 Å². The molecule has 1 saturated carbocycles. The van der Waals surface area contributed by atoms with Gasteiger partial charge >= 0.3 is 0 Å². The second-order valence-electron chi connectivity index (χ2n) is 6.81. The lowest BCUT2D eigenvalue weighted by Gasteiger charge is -2.30. The van der Waals surface area contributed by atoms with E-state index in [1.54, 1.807) is 29.2 Å². The maximum Gasteiger partial charge on any atom is 0.253 e. The SMILES string of the molecule is CCN(CC)C(=O)c1ccc(NC(=O)CN(C)C2CCCCC2)cc1. The Morgan fingerprint density at radius 2 is 1.64 bits per heavy atom. The molecule has 0 radical (unpaired) electrons. The highest BCUT2D eigenvalue weighted by atomic mass is 16.2. The zero-order valence-corrected chi connectivity index (χ0v) is 15.8. The molecule has 1 aromatic rings. The highest BCUT2D eigenvalue weighted by molar-refractivity contribution is 5.96.